The van der Waals surface area contributed by atoms with Crippen LogP contribution in [0.1, 0.15) is 73.8 Å². The first-order chi connectivity index (χ1) is 13.6. The van der Waals surface area contributed by atoms with Gasteiger partial charge in [0.25, 0.3) is 5.91 Å². The maximum absolute atomic E-state index is 14.2. The molecule has 1 amide bonds. The average Bonchev–Trinajstić information content (AvgIpc) is 3.25. The molecule has 154 valence electrons. The molecule has 0 radical (unpaired) electrons. The molecule has 0 spiro atoms. The molecule has 0 aliphatic heterocycles. The molecule has 7 heteroatoms. The molecule has 0 unspecified atom stereocenters. The minimum Gasteiger partial charge on any atom is -0.455 e. The molecule has 0 fully saturated rings. The molecule has 0 aliphatic rings. The van der Waals surface area contributed by atoms with Gasteiger partial charge in [0.15, 0.2) is 28.7 Å². The quantitative estimate of drug-likeness (QED) is 0.496. The van der Waals surface area contributed by atoms with Crippen LogP contribution in [0.4, 0.5) is 14.5 Å². The maximum Gasteiger partial charge on any atom is 0.291 e. The Bertz CT molecular complexity index is 1070. The Morgan fingerprint density at radius 1 is 1.10 bits per heavy atom. The van der Waals surface area contributed by atoms with E-state index in [2.05, 4.69) is 5.32 Å². The molecule has 5 nitrogen and oxygen atoms in total. The number of halogens is 2. The van der Waals surface area contributed by atoms with Gasteiger partial charge in [0.1, 0.15) is 11.6 Å². The molecule has 3 rings (SSSR count). The Balaban J connectivity index is 2.03. The first-order valence-corrected chi connectivity index (χ1v) is 9.48. The van der Waals surface area contributed by atoms with Crippen molar-refractivity contribution in [3.63, 3.8) is 0 Å². The Morgan fingerprint density at radius 2 is 1.83 bits per heavy atom. The van der Waals surface area contributed by atoms with Crippen molar-refractivity contribution in [3.8, 4) is 0 Å². The van der Waals surface area contributed by atoms with Gasteiger partial charge < -0.3 is 14.2 Å². The molecule has 0 aliphatic carbocycles. The molecular formula is C22H23F2NO4. The molecule has 2 aromatic heterocycles. The predicted octanol–water partition coefficient (Wildman–Crippen LogP) is 6.23. The van der Waals surface area contributed by atoms with E-state index in [1.165, 1.54) is 6.07 Å². The minimum atomic E-state index is -0.946. The van der Waals surface area contributed by atoms with E-state index in [0.717, 1.165) is 12.5 Å². The molecular weight excluding hydrogens is 380 g/mol. The third-order valence-electron chi connectivity index (χ3n) is 4.53. The highest BCUT2D eigenvalue weighted by molar-refractivity contribution is 6.14. The summed E-state index contributed by atoms with van der Waals surface area (Å²) < 4.78 is 39.0. The molecule has 0 bridgehead atoms. The van der Waals surface area contributed by atoms with Crippen molar-refractivity contribution in [1.82, 2.24) is 0 Å². The van der Waals surface area contributed by atoms with E-state index in [0.29, 0.717) is 18.2 Å². The van der Waals surface area contributed by atoms with Gasteiger partial charge in [0.2, 0.25) is 0 Å². The predicted molar refractivity (Wildman–Crippen MR) is 105 cm³/mol. The van der Waals surface area contributed by atoms with Crippen molar-refractivity contribution in [2.24, 2.45) is 0 Å². The summed E-state index contributed by atoms with van der Waals surface area (Å²) in [7, 11) is 0. The second-order valence-electron chi connectivity index (χ2n) is 7.97. The third kappa shape index (κ3) is 4.23. The van der Waals surface area contributed by atoms with Gasteiger partial charge >= 0.3 is 0 Å². The van der Waals surface area contributed by atoms with Crippen LogP contribution >= 0.6 is 0 Å². The summed E-state index contributed by atoms with van der Waals surface area (Å²) in [5, 5.41) is 2.53. The smallest absolute Gasteiger partial charge is 0.291 e. The molecule has 2 heterocycles. The Kier molecular flexibility index (Phi) is 5.59. The van der Waals surface area contributed by atoms with Gasteiger partial charge in [0.05, 0.1) is 11.1 Å². The summed E-state index contributed by atoms with van der Waals surface area (Å²) in [4.78, 5) is 25.3. The van der Waals surface area contributed by atoms with E-state index in [9.17, 15) is 18.4 Å². The van der Waals surface area contributed by atoms with Crippen LogP contribution in [-0.2, 0) is 5.41 Å². The molecule has 0 saturated heterocycles. The summed E-state index contributed by atoms with van der Waals surface area (Å²) in [6.45, 7) is 7.74. The van der Waals surface area contributed by atoms with Crippen LogP contribution in [0.15, 0.2) is 33.1 Å². The topological polar surface area (TPSA) is 72.5 Å². The number of nitrogens with one attached hydrogen (secondary N) is 1. The van der Waals surface area contributed by atoms with Crippen LogP contribution in [-0.4, -0.2) is 11.7 Å². The summed E-state index contributed by atoms with van der Waals surface area (Å²) in [5.74, 6) is -2.40. The first kappa shape index (κ1) is 20.8. The van der Waals surface area contributed by atoms with E-state index in [-0.39, 0.29) is 40.0 Å². The van der Waals surface area contributed by atoms with Gasteiger partial charge in [-0.25, -0.2) is 8.78 Å². The zero-order valence-corrected chi connectivity index (χ0v) is 16.8. The highest BCUT2D eigenvalue weighted by atomic mass is 19.1. The van der Waals surface area contributed by atoms with Crippen LogP contribution in [0.2, 0.25) is 0 Å². The number of unbranched alkanes of at least 4 members (excludes halogenated alkanes) is 1. The third-order valence-corrected chi connectivity index (χ3v) is 4.53. The molecule has 1 aromatic carbocycles. The van der Waals surface area contributed by atoms with Gasteiger partial charge in [0, 0.05) is 17.9 Å². The van der Waals surface area contributed by atoms with Gasteiger partial charge in [-0.3, -0.25) is 9.59 Å². The van der Waals surface area contributed by atoms with Crippen LogP contribution in [0.25, 0.3) is 11.0 Å². The van der Waals surface area contributed by atoms with Gasteiger partial charge in [-0.15, -0.1) is 0 Å². The molecule has 1 N–H and O–H groups in total. The Labute approximate surface area is 167 Å². The number of furan rings is 2. The highest BCUT2D eigenvalue weighted by Gasteiger charge is 2.26. The van der Waals surface area contributed by atoms with E-state index in [1.54, 1.807) is 6.07 Å². The van der Waals surface area contributed by atoms with Crippen molar-refractivity contribution in [2.45, 2.75) is 52.4 Å². The number of ketones is 1. The lowest BCUT2D eigenvalue weighted by molar-refractivity contribution is 0.0956. The number of fused-ring (bicyclic) bond motifs is 1. The Morgan fingerprint density at radius 3 is 2.45 bits per heavy atom. The lowest BCUT2D eigenvalue weighted by Crippen LogP contribution is -2.14. The van der Waals surface area contributed by atoms with Crippen LogP contribution < -0.4 is 5.32 Å². The number of hydrogen-bond donors (Lipinski definition) is 1. The zero-order valence-electron chi connectivity index (χ0n) is 16.8. The molecule has 0 atom stereocenters. The van der Waals surface area contributed by atoms with E-state index in [4.69, 9.17) is 8.83 Å². The maximum atomic E-state index is 14.2. The van der Waals surface area contributed by atoms with Crippen molar-refractivity contribution in [2.75, 3.05) is 5.32 Å². The number of benzene rings is 1. The number of carbonyl (C=O) groups excluding carboxylic acids is 2. The van der Waals surface area contributed by atoms with Crippen molar-refractivity contribution >= 4 is 28.3 Å². The number of hydrogen-bond acceptors (Lipinski definition) is 4. The molecule has 29 heavy (non-hydrogen) atoms. The summed E-state index contributed by atoms with van der Waals surface area (Å²) in [6.07, 6.45) is 1.55. The molecule has 3 aromatic rings. The van der Waals surface area contributed by atoms with Crippen molar-refractivity contribution < 1.29 is 27.2 Å². The fraction of sp³-hybridized carbons (Fsp3) is 0.364. The highest BCUT2D eigenvalue weighted by Crippen LogP contribution is 2.35. The summed E-state index contributed by atoms with van der Waals surface area (Å²) in [5.41, 5.74) is -0.636. The van der Waals surface area contributed by atoms with E-state index >= 15 is 0 Å². The minimum absolute atomic E-state index is 0.0155. The number of amides is 1. The zero-order chi connectivity index (χ0) is 21.3. The standard InChI is InChI=1S/C22H23F2NO4/c1-5-6-7-15(26)20-18(13-10-12(23)11-14(24)19(13)29-20)25-21(27)16-8-9-17(28-16)22(2,3)4/h8-11H,5-7H2,1-4H3,(H,25,27). The van der Waals surface area contributed by atoms with Gasteiger partial charge in [-0.1, -0.05) is 34.1 Å². The monoisotopic (exact) mass is 403 g/mol. The number of Topliss-reactive ketones (excluding diaryl/α,β-unsaturated/α-hetero) is 1. The second-order valence-corrected chi connectivity index (χ2v) is 7.97. The number of rotatable bonds is 6. The van der Waals surface area contributed by atoms with Gasteiger partial charge in [-0.05, 0) is 24.6 Å². The Hall–Kier alpha value is -2.96. The SMILES string of the molecule is CCCCC(=O)c1oc2c(F)cc(F)cc2c1NC(=O)c1ccc(C(C)(C)C)o1. The van der Waals surface area contributed by atoms with Crippen LogP contribution in [0, 0.1) is 11.6 Å². The first-order valence-electron chi connectivity index (χ1n) is 9.48. The van der Waals surface area contributed by atoms with E-state index in [1.807, 2.05) is 27.7 Å². The van der Waals surface area contributed by atoms with Crippen LogP contribution in [0.5, 0.6) is 0 Å². The second kappa shape index (κ2) is 7.81. The molecule has 0 saturated carbocycles. The van der Waals surface area contributed by atoms with Crippen molar-refractivity contribution in [3.05, 3.63) is 53.2 Å². The number of anilines is 1. The van der Waals surface area contributed by atoms with Crippen molar-refractivity contribution in [1.29, 1.82) is 0 Å². The summed E-state index contributed by atoms with van der Waals surface area (Å²) >= 11 is 0. The lowest BCUT2D eigenvalue weighted by Gasteiger charge is -2.14. The lowest BCUT2D eigenvalue weighted by atomic mass is 9.94. The fourth-order valence-electron chi connectivity index (χ4n) is 2.93. The average molecular weight is 403 g/mol. The van der Waals surface area contributed by atoms with Gasteiger partial charge in [-0.2, -0.15) is 0 Å². The number of carbonyl (C=O) groups is 2. The normalized spacial score (nSPS) is 11.8. The largest absolute Gasteiger partial charge is 0.455 e. The summed E-state index contributed by atoms with van der Waals surface area (Å²) in [6, 6.07) is 4.89. The van der Waals surface area contributed by atoms with E-state index < -0.39 is 23.3 Å². The van der Waals surface area contributed by atoms with Crippen LogP contribution in [0.3, 0.4) is 0 Å². The fourth-order valence-corrected chi connectivity index (χ4v) is 2.93.